The van der Waals surface area contributed by atoms with Gasteiger partial charge in [-0.1, -0.05) is 18.2 Å². The van der Waals surface area contributed by atoms with Gasteiger partial charge in [-0.3, -0.25) is 20.4 Å². The molecule has 3 N–H and O–H groups in total. The lowest BCUT2D eigenvalue weighted by Gasteiger charge is -2.23. The Morgan fingerprint density at radius 3 is 2.65 bits per heavy atom. The largest absolute Gasteiger partial charge is 0.480 e. The van der Waals surface area contributed by atoms with Crippen molar-refractivity contribution in [3.63, 3.8) is 0 Å². The molecule has 0 saturated heterocycles. The topological polar surface area (TPSA) is 98.7 Å². The highest BCUT2D eigenvalue weighted by Crippen LogP contribution is 2.31. The van der Waals surface area contributed by atoms with Gasteiger partial charge in [-0.05, 0) is 11.6 Å². The lowest BCUT2D eigenvalue weighted by atomic mass is 10.1. The van der Waals surface area contributed by atoms with Crippen molar-refractivity contribution in [2.24, 2.45) is 0 Å². The minimum absolute atomic E-state index is 0.131. The molecule has 0 saturated carbocycles. The highest BCUT2D eigenvalue weighted by atomic mass is 16.4. The number of hydrogen-bond donors (Lipinski definition) is 3. The molecule has 0 radical (unpaired) electrons. The van der Waals surface area contributed by atoms with Gasteiger partial charge in [0.05, 0.1) is 6.54 Å². The first kappa shape index (κ1) is 13.9. The van der Waals surface area contributed by atoms with Crippen LogP contribution in [-0.2, 0) is 20.8 Å². The summed E-state index contributed by atoms with van der Waals surface area (Å²) in [5, 5.41) is 9.24. The number of anilines is 1. The number of carboxylic acids is 1. The van der Waals surface area contributed by atoms with Gasteiger partial charge in [0.25, 0.3) is 5.91 Å². The van der Waals surface area contributed by atoms with Crippen LogP contribution in [0.4, 0.5) is 5.69 Å². The number of hydrogen-bond acceptors (Lipinski definition) is 4. The first-order valence-electron chi connectivity index (χ1n) is 6.12. The Morgan fingerprint density at radius 1 is 1.30 bits per heavy atom. The molecule has 1 aliphatic rings. The second-order valence-corrected chi connectivity index (χ2v) is 4.54. The molecule has 1 unspecified atom stereocenters. The lowest BCUT2D eigenvalue weighted by Crippen LogP contribution is -2.49. The Balaban J connectivity index is 2.12. The maximum absolute atomic E-state index is 11.7. The zero-order chi connectivity index (χ0) is 14.7. The molecule has 0 aliphatic carbocycles. The summed E-state index contributed by atoms with van der Waals surface area (Å²) >= 11 is 0. The number of nitrogens with zero attached hydrogens (tertiary/aromatic N) is 1. The third-order valence-electron chi connectivity index (χ3n) is 3.07. The van der Waals surface area contributed by atoms with Crippen LogP contribution in [0, 0.1) is 0 Å². The molecule has 1 aromatic rings. The standard InChI is InChI=1S/C13H15N3O4/c1-8(17)14-15-12(18)7-16-10-5-3-2-4-9(10)6-11(16)13(19)20/h2-5,11H,6-7H2,1H3,(H,14,17)(H,15,18)(H,19,20). The van der Waals surface area contributed by atoms with Crippen molar-refractivity contribution >= 4 is 23.5 Å². The van der Waals surface area contributed by atoms with E-state index >= 15 is 0 Å². The van der Waals surface area contributed by atoms with E-state index in [0.717, 1.165) is 11.3 Å². The van der Waals surface area contributed by atoms with Gasteiger partial charge in [0, 0.05) is 19.0 Å². The van der Waals surface area contributed by atoms with Gasteiger partial charge in [-0.2, -0.15) is 0 Å². The fraction of sp³-hybridized carbons (Fsp3) is 0.308. The van der Waals surface area contributed by atoms with E-state index in [1.165, 1.54) is 11.8 Å². The van der Waals surface area contributed by atoms with Gasteiger partial charge in [-0.15, -0.1) is 0 Å². The van der Waals surface area contributed by atoms with Crippen LogP contribution in [0.15, 0.2) is 24.3 Å². The van der Waals surface area contributed by atoms with E-state index in [9.17, 15) is 19.5 Å². The SMILES string of the molecule is CC(=O)NNC(=O)CN1c2ccccc2CC1C(=O)O. The number of benzene rings is 1. The third-order valence-corrected chi connectivity index (χ3v) is 3.07. The number of aliphatic carboxylic acids is 1. The molecule has 7 heteroatoms. The van der Waals surface area contributed by atoms with Crippen molar-refractivity contribution in [2.75, 3.05) is 11.4 Å². The van der Waals surface area contributed by atoms with Crippen LogP contribution < -0.4 is 15.8 Å². The summed E-state index contributed by atoms with van der Waals surface area (Å²) in [5.41, 5.74) is 6.03. The molecular weight excluding hydrogens is 262 g/mol. The molecule has 0 spiro atoms. The zero-order valence-corrected chi connectivity index (χ0v) is 10.9. The molecule has 1 heterocycles. The van der Waals surface area contributed by atoms with E-state index in [2.05, 4.69) is 10.9 Å². The van der Waals surface area contributed by atoms with Gasteiger partial charge in [0.2, 0.25) is 5.91 Å². The summed E-state index contributed by atoms with van der Waals surface area (Å²) in [6, 6.07) is 6.48. The Kier molecular flexibility index (Phi) is 3.88. The Morgan fingerprint density at radius 2 is 2.00 bits per heavy atom. The van der Waals surface area contributed by atoms with Gasteiger partial charge in [-0.25, -0.2) is 4.79 Å². The maximum atomic E-state index is 11.7. The smallest absolute Gasteiger partial charge is 0.326 e. The lowest BCUT2D eigenvalue weighted by molar-refractivity contribution is -0.138. The first-order chi connectivity index (χ1) is 9.49. The monoisotopic (exact) mass is 277 g/mol. The van der Waals surface area contributed by atoms with Crippen molar-refractivity contribution in [3.8, 4) is 0 Å². The van der Waals surface area contributed by atoms with Gasteiger partial charge in [0.1, 0.15) is 6.04 Å². The van der Waals surface area contributed by atoms with E-state index < -0.39 is 23.8 Å². The summed E-state index contributed by atoms with van der Waals surface area (Å²) in [4.78, 5) is 35.3. The molecule has 106 valence electrons. The Hall–Kier alpha value is -2.57. The molecule has 0 fully saturated rings. The van der Waals surface area contributed by atoms with E-state index in [-0.39, 0.29) is 6.54 Å². The maximum Gasteiger partial charge on any atom is 0.326 e. The summed E-state index contributed by atoms with van der Waals surface area (Å²) in [6.07, 6.45) is 0.360. The number of rotatable bonds is 3. The molecule has 7 nitrogen and oxygen atoms in total. The minimum atomic E-state index is -0.978. The Bertz CT molecular complexity index is 558. The Labute approximate surface area is 115 Å². The third kappa shape index (κ3) is 2.87. The summed E-state index contributed by atoms with van der Waals surface area (Å²) in [7, 11) is 0. The van der Waals surface area contributed by atoms with E-state index in [1.54, 1.807) is 12.1 Å². The molecule has 0 bridgehead atoms. The van der Waals surface area contributed by atoms with Crippen LogP contribution in [0.25, 0.3) is 0 Å². The predicted molar refractivity (Wildman–Crippen MR) is 70.9 cm³/mol. The van der Waals surface area contributed by atoms with E-state index in [1.807, 2.05) is 12.1 Å². The zero-order valence-electron chi connectivity index (χ0n) is 10.9. The summed E-state index contributed by atoms with van der Waals surface area (Å²) < 4.78 is 0. The number of amides is 2. The summed E-state index contributed by atoms with van der Waals surface area (Å²) in [5.74, 6) is -1.84. The second-order valence-electron chi connectivity index (χ2n) is 4.54. The second kappa shape index (κ2) is 5.60. The first-order valence-corrected chi connectivity index (χ1v) is 6.12. The molecular formula is C13H15N3O4. The average molecular weight is 277 g/mol. The molecule has 20 heavy (non-hydrogen) atoms. The molecule has 2 rings (SSSR count). The van der Waals surface area contributed by atoms with Crippen LogP contribution in [-0.4, -0.2) is 35.5 Å². The average Bonchev–Trinajstić information content (AvgIpc) is 2.76. The molecule has 1 atom stereocenters. The fourth-order valence-electron chi connectivity index (χ4n) is 2.22. The van der Waals surface area contributed by atoms with Crippen LogP contribution in [0.3, 0.4) is 0 Å². The van der Waals surface area contributed by atoms with Crippen molar-refractivity contribution in [1.82, 2.24) is 10.9 Å². The van der Waals surface area contributed by atoms with Gasteiger partial charge < -0.3 is 10.0 Å². The normalized spacial score (nSPS) is 16.4. The van der Waals surface area contributed by atoms with Crippen LogP contribution in [0.2, 0.25) is 0 Å². The fourth-order valence-corrected chi connectivity index (χ4v) is 2.22. The summed E-state index contributed by atoms with van der Waals surface area (Å²) in [6.45, 7) is 1.14. The number of fused-ring (bicyclic) bond motifs is 1. The highest BCUT2D eigenvalue weighted by Gasteiger charge is 2.35. The highest BCUT2D eigenvalue weighted by molar-refractivity contribution is 5.89. The number of carbonyl (C=O) groups excluding carboxylic acids is 2. The molecule has 0 aromatic heterocycles. The van der Waals surface area contributed by atoms with Crippen molar-refractivity contribution < 1.29 is 19.5 Å². The van der Waals surface area contributed by atoms with Crippen LogP contribution in [0.1, 0.15) is 12.5 Å². The van der Waals surface area contributed by atoms with Gasteiger partial charge >= 0.3 is 5.97 Å². The van der Waals surface area contributed by atoms with Crippen molar-refractivity contribution in [3.05, 3.63) is 29.8 Å². The van der Waals surface area contributed by atoms with Crippen LogP contribution >= 0.6 is 0 Å². The van der Waals surface area contributed by atoms with Crippen LogP contribution in [0.5, 0.6) is 0 Å². The number of para-hydroxylation sites is 1. The molecule has 1 aromatic carbocycles. The number of carbonyl (C=O) groups is 3. The van der Waals surface area contributed by atoms with E-state index in [0.29, 0.717) is 6.42 Å². The molecule has 1 aliphatic heterocycles. The van der Waals surface area contributed by atoms with Gasteiger partial charge in [0.15, 0.2) is 0 Å². The van der Waals surface area contributed by atoms with Crippen molar-refractivity contribution in [2.45, 2.75) is 19.4 Å². The van der Waals surface area contributed by atoms with Crippen molar-refractivity contribution in [1.29, 1.82) is 0 Å². The number of carboxylic acid groups (broad SMARTS) is 1. The quantitative estimate of drug-likeness (QED) is 0.657. The minimum Gasteiger partial charge on any atom is -0.480 e. The molecule has 2 amide bonds. The number of hydrazine groups is 1. The predicted octanol–water partition coefficient (Wildman–Crippen LogP) is -0.330. The number of nitrogens with one attached hydrogen (secondary N) is 2. The van der Waals surface area contributed by atoms with E-state index in [4.69, 9.17) is 0 Å².